The lowest BCUT2D eigenvalue weighted by molar-refractivity contribution is -0.131. The monoisotopic (exact) mass is 469 g/mol. The van der Waals surface area contributed by atoms with Crippen molar-refractivity contribution in [2.75, 3.05) is 13.2 Å². The molecule has 0 saturated carbocycles. The minimum atomic E-state index is -0.815. The fraction of sp³-hybridized carbons (Fsp3) is 0.250. The fourth-order valence-corrected chi connectivity index (χ4v) is 4.16. The van der Waals surface area contributed by atoms with Crippen LogP contribution in [0.2, 0.25) is 5.02 Å². The van der Waals surface area contributed by atoms with Crippen molar-refractivity contribution in [1.29, 1.82) is 0 Å². The number of ether oxygens (including phenoxy) is 2. The van der Waals surface area contributed by atoms with Crippen LogP contribution in [0.25, 0.3) is 33.5 Å². The first-order chi connectivity index (χ1) is 16.0. The number of halogens is 2. The molecular formula is C24H21ClFN3O4. The van der Waals surface area contributed by atoms with Crippen LogP contribution in [0.3, 0.4) is 0 Å². The van der Waals surface area contributed by atoms with Crippen molar-refractivity contribution in [1.82, 2.24) is 15.0 Å². The molecule has 2 aromatic heterocycles. The predicted molar refractivity (Wildman–Crippen MR) is 122 cm³/mol. The molecule has 3 heterocycles. The van der Waals surface area contributed by atoms with Crippen molar-refractivity contribution in [2.24, 2.45) is 0 Å². The maximum atomic E-state index is 14.1. The summed E-state index contributed by atoms with van der Waals surface area (Å²) < 4.78 is 25.3. The first kappa shape index (κ1) is 21.8. The average molecular weight is 470 g/mol. The van der Waals surface area contributed by atoms with Crippen molar-refractivity contribution >= 4 is 22.8 Å². The molecule has 0 spiro atoms. The van der Waals surface area contributed by atoms with Gasteiger partial charge in [0.1, 0.15) is 18.0 Å². The summed E-state index contributed by atoms with van der Waals surface area (Å²) in [4.78, 5) is 12.0. The van der Waals surface area contributed by atoms with E-state index in [0.29, 0.717) is 33.9 Å². The van der Waals surface area contributed by atoms with Crippen LogP contribution in [0, 0.1) is 5.82 Å². The normalized spacial score (nSPS) is 20.8. The molecule has 3 unspecified atom stereocenters. The van der Waals surface area contributed by atoms with E-state index in [0.717, 1.165) is 11.1 Å². The van der Waals surface area contributed by atoms with Crippen LogP contribution in [0.4, 0.5) is 4.39 Å². The van der Waals surface area contributed by atoms with E-state index in [-0.39, 0.29) is 25.0 Å². The number of aromatic amines is 1. The number of fused-ring (bicyclic) bond motifs is 1. The molecule has 0 bridgehead atoms. The summed E-state index contributed by atoms with van der Waals surface area (Å²) in [6.07, 6.45) is -1.52. The van der Waals surface area contributed by atoms with E-state index in [1.807, 2.05) is 24.3 Å². The Hall–Kier alpha value is -3.04. The van der Waals surface area contributed by atoms with Gasteiger partial charge in [0.2, 0.25) is 0 Å². The lowest BCUT2D eigenvalue weighted by Gasteiger charge is -2.31. The van der Waals surface area contributed by atoms with E-state index < -0.39 is 18.3 Å². The van der Waals surface area contributed by atoms with Gasteiger partial charge in [0, 0.05) is 17.5 Å². The van der Waals surface area contributed by atoms with Gasteiger partial charge in [0.15, 0.2) is 5.65 Å². The van der Waals surface area contributed by atoms with E-state index in [2.05, 4.69) is 15.0 Å². The Morgan fingerprint density at radius 2 is 1.88 bits per heavy atom. The van der Waals surface area contributed by atoms with Gasteiger partial charge in [0.25, 0.3) is 6.01 Å². The molecule has 170 valence electrons. The summed E-state index contributed by atoms with van der Waals surface area (Å²) >= 11 is 6.48. The van der Waals surface area contributed by atoms with E-state index in [9.17, 15) is 14.6 Å². The van der Waals surface area contributed by atoms with Gasteiger partial charge < -0.3 is 24.7 Å². The first-order valence-electron chi connectivity index (χ1n) is 10.5. The minimum absolute atomic E-state index is 0.229. The number of aliphatic hydroxyl groups is 2. The molecule has 0 radical (unpaired) electrons. The van der Waals surface area contributed by atoms with Gasteiger partial charge in [-0.15, -0.1) is 0 Å². The molecule has 4 aromatic rings. The smallest absolute Gasteiger partial charge is 0.296 e. The second kappa shape index (κ2) is 9.07. The van der Waals surface area contributed by atoms with Gasteiger partial charge in [-0.2, -0.15) is 4.98 Å². The Morgan fingerprint density at radius 3 is 2.61 bits per heavy atom. The number of aliphatic hydroxyl groups excluding tert-OH is 2. The molecule has 0 amide bonds. The van der Waals surface area contributed by atoms with Crippen LogP contribution in [0.15, 0.2) is 54.6 Å². The fourth-order valence-electron chi connectivity index (χ4n) is 3.90. The number of nitrogens with zero attached hydrogens (tertiary/aromatic N) is 2. The van der Waals surface area contributed by atoms with Crippen LogP contribution < -0.4 is 4.74 Å². The van der Waals surface area contributed by atoms with Crippen molar-refractivity contribution < 1.29 is 24.1 Å². The second-order valence-corrected chi connectivity index (χ2v) is 8.29. The standard InChI is InChI=1S/C24H21ClFN3O4/c25-17-10-19-23(29-24(27-19)33-15-9-20(31)21(11-30)32-12-15)28-22(17)14-7-5-13(6-8-14)16-3-1-2-4-18(16)26/h1-8,10,15,20-21,30-31H,9,11-12H2,(H,27,28,29). The minimum Gasteiger partial charge on any atom is -0.459 e. The highest BCUT2D eigenvalue weighted by molar-refractivity contribution is 6.33. The molecule has 9 heteroatoms. The predicted octanol–water partition coefficient (Wildman–Crippen LogP) is 3.97. The molecule has 2 aromatic carbocycles. The number of benzene rings is 2. The summed E-state index contributed by atoms with van der Waals surface area (Å²) in [5.41, 5.74) is 3.62. The van der Waals surface area contributed by atoms with E-state index >= 15 is 0 Å². The van der Waals surface area contributed by atoms with Crippen molar-refractivity contribution in [2.45, 2.75) is 24.7 Å². The third-order valence-corrected chi connectivity index (χ3v) is 5.92. The molecule has 7 nitrogen and oxygen atoms in total. The Morgan fingerprint density at radius 1 is 1.12 bits per heavy atom. The zero-order chi connectivity index (χ0) is 22.9. The van der Waals surface area contributed by atoms with Gasteiger partial charge >= 0.3 is 0 Å². The first-order valence-corrected chi connectivity index (χ1v) is 10.9. The molecule has 3 atom stereocenters. The molecule has 1 aliphatic heterocycles. The van der Waals surface area contributed by atoms with Crippen molar-refractivity contribution in [3.63, 3.8) is 0 Å². The van der Waals surface area contributed by atoms with E-state index in [4.69, 9.17) is 21.1 Å². The number of imidazole rings is 1. The number of pyridine rings is 1. The number of hydrogen-bond donors (Lipinski definition) is 3. The average Bonchev–Trinajstić information content (AvgIpc) is 3.20. The maximum absolute atomic E-state index is 14.1. The van der Waals surface area contributed by atoms with Crippen molar-refractivity contribution in [3.05, 3.63) is 65.4 Å². The number of hydrogen-bond acceptors (Lipinski definition) is 6. The topological polar surface area (TPSA) is 100 Å². The Labute approximate surface area is 193 Å². The third kappa shape index (κ3) is 4.43. The summed E-state index contributed by atoms with van der Waals surface area (Å²) in [6.45, 7) is -0.0158. The van der Waals surface area contributed by atoms with E-state index in [1.54, 1.807) is 24.3 Å². The quantitative estimate of drug-likeness (QED) is 0.409. The number of H-pyrrole nitrogens is 1. The Bertz CT molecular complexity index is 1280. The largest absolute Gasteiger partial charge is 0.459 e. The summed E-state index contributed by atoms with van der Waals surface area (Å²) in [7, 11) is 0. The summed E-state index contributed by atoms with van der Waals surface area (Å²) in [6, 6.07) is 15.9. The SMILES string of the molecule is OCC1OCC(Oc2nc3nc(-c4ccc(-c5ccccc5F)cc4)c(Cl)cc3[nH]2)CC1O. The van der Waals surface area contributed by atoms with Crippen LogP contribution in [-0.4, -0.2) is 56.7 Å². The van der Waals surface area contributed by atoms with Crippen LogP contribution in [0.5, 0.6) is 6.01 Å². The molecular weight excluding hydrogens is 449 g/mol. The number of rotatable bonds is 5. The second-order valence-electron chi connectivity index (χ2n) is 7.89. The zero-order valence-electron chi connectivity index (χ0n) is 17.4. The van der Waals surface area contributed by atoms with Crippen molar-refractivity contribution in [3.8, 4) is 28.4 Å². The third-order valence-electron chi connectivity index (χ3n) is 5.64. The van der Waals surface area contributed by atoms with Crippen LogP contribution >= 0.6 is 11.6 Å². The summed E-state index contributed by atoms with van der Waals surface area (Å²) in [5.74, 6) is -0.283. The Balaban J connectivity index is 1.38. The zero-order valence-corrected chi connectivity index (χ0v) is 18.2. The molecule has 33 heavy (non-hydrogen) atoms. The van der Waals surface area contributed by atoms with Gasteiger partial charge in [-0.05, 0) is 17.7 Å². The highest BCUT2D eigenvalue weighted by Gasteiger charge is 2.31. The molecule has 1 saturated heterocycles. The highest BCUT2D eigenvalue weighted by Crippen LogP contribution is 2.32. The number of nitrogens with one attached hydrogen (secondary N) is 1. The van der Waals surface area contributed by atoms with Gasteiger partial charge in [-0.3, -0.25) is 0 Å². The molecule has 3 N–H and O–H groups in total. The molecule has 1 fully saturated rings. The van der Waals surface area contributed by atoms with Gasteiger partial charge in [-0.25, -0.2) is 9.37 Å². The Kier molecular flexibility index (Phi) is 5.99. The van der Waals surface area contributed by atoms with E-state index in [1.165, 1.54) is 6.07 Å². The number of aromatic nitrogens is 3. The van der Waals surface area contributed by atoms with Gasteiger partial charge in [-0.1, -0.05) is 54.1 Å². The lowest BCUT2D eigenvalue weighted by atomic mass is 10.0. The van der Waals surface area contributed by atoms with Crippen LogP contribution in [-0.2, 0) is 4.74 Å². The molecule has 0 aliphatic carbocycles. The molecule has 1 aliphatic rings. The molecule has 5 rings (SSSR count). The van der Waals surface area contributed by atoms with Crippen LogP contribution in [0.1, 0.15) is 6.42 Å². The highest BCUT2D eigenvalue weighted by atomic mass is 35.5. The maximum Gasteiger partial charge on any atom is 0.296 e. The lowest BCUT2D eigenvalue weighted by Crippen LogP contribution is -2.45. The van der Waals surface area contributed by atoms with Gasteiger partial charge in [0.05, 0.1) is 35.6 Å². The summed E-state index contributed by atoms with van der Waals surface area (Å²) in [5, 5.41) is 19.6.